The highest BCUT2D eigenvalue weighted by Crippen LogP contribution is 2.10. The molecule has 0 fully saturated rings. The average Bonchev–Trinajstić information content (AvgIpc) is 2.86. The Morgan fingerprint density at radius 2 is 1.59 bits per heavy atom. The van der Waals surface area contributed by atoms with Crippen LogP contribution in [0.2, 0.25) is 0 Å². The normalized spacial score (nSPS) is 10.5. The molecule has 0 bridgehead atoms. The molecular weight excluding hydrogens is 484 g/mol. The van der Waals surface area contributed by atoms with Gasteiger partial charge in [0.1, 0.15) is 6.04 Å². The number of esters is 1. The van der Waals surface area contributed by atoms with Crippen molar-refractivity contribution in [1.82, 2.24) is 10.6 Å². The third-order valence-electron chi connectivity index (χ3n) is 4.54. The number of primary amides is 2. The summed E-state index contributed by atoms with van der Waals surface area (Å²) in [5.74, 6) is -1.15. The molecule has 0 aliphatic heterocycles. The number of hydrogen-bond acceptors (Lipinski definition) is 8. The Labute approximate surface area is 217 Å². The van der Waals surface area contributed by atoms with Gasteiger partial charge in [-0.15, -0.1) is 0 Å². The smallest absolute Gasteiger partial charge is 0.312 e. The molecule has 0 aliphatic rings. The van der Waals surface area contributed by atoms with Gasteiger partial charge < -0.3 is 43.0 Å². The zero-order chi connectivity index (χ0) is 28.8. The summed E-state index contributed by atoms with van der Waals surface area (Å²) in [6, 6.07) is 5.84. The maximum atomic E-state index is 11.6. The van der Waals surface area contributed by atoms with Crippen LogP contribution in [0.4, 0.5) is 10.5 Å². The monoisotopic (exact) mass is 526 g/mol. The molecule has 0 aliphatic carbocycles. The Bertz CT molecular complexity index is 825. The highest BCUT2D eigenvalue weighted by Gasteiger charge is 2.20. The number of nitrogens with two attached hydrogens (primary N) is 3. The van der Waals surface area contributed by atoms with Crippen molar-refractivity contribution in [3.63, 3.8) is 0 Å². The fourth-order valence-electron chi connectivity index (χ4n) is 2.48. The number of anilines is 1. The molecule has 13 nitrogen and oxygen atoms in total. The fourth-order valence-corrected chi connectivity index (χ4v) is 2.48. The lowest BCUT2D eigenvalue weighted by molar-refractivity contribution is -0.140. The van der Waals surface area contributed by atoms with Crippen molar-refractivity contribution in [1.29, 1.82) is 0 Å². The molecular formula is C24H42N6O7. The van der Waals surface area contributed by atoms with Gasteiger partial charge in [-0.25, -0.2) is 4.79 Å². The molecule has 13 heteroatoms. The number of unbranched alkanes of at least 4 members (excludes halogenated alkanes) is 1. The second-order valence-corrected chi connectivity index (χ2v) is 7.98. The van der Waals surface area contributed by atoms with Crippen molar-refractivity contribution >= 4 is 35.4 Å². The van der Waals surface area contributed by atoms with Crippen LogP contribution in [0.25, 0.3) is 0 Å². The summed E-state index contributed by atoms with van der Waals surface area (Å²) in [5, 5.41) is 16.5. The van der Waals surface area contributed by atoms with Gasteiger partial charge in [0.25, 0.3) is 0 Å². The number of benzene rings is 1. The predicted octanol–water partition coefficient (Wildman–Crippen LogP) is 0.0966. The largest absolute Gasteiger partial charge is 0.469 e. The van der Waals surface area contributed by atoms with Crippen molar-refractivity contribution in [2.45, 2.75) is 59.1 Å². The molecule has 1 unspecified atom stereocenters. The van der Waals surface area contributed by atoms with E-state index in [9.17, 15) is 24.0 Å². The second kappa shape index (κ2) is 21.6. The van der Waals surface area contributed by atoms with Gasteiger partial charge in [0.2, 0.25) is 17.7 Å². The molecule has 5 amide bonds. The van der Waals surface area contributed by atoms with Gasteiger partial charge in [-0.3, -0.25) is 19.2 Å². The number of urea groups is 1. The van der Waals surface area contributed by atoms with Crippen molar-refractivity contribution in [3.05, 3.63) is 29.8 Å². The van der Waals surface area contributed by atoms with Crippen LogP contribution in [-0.4, -0.2) is 61.1 Å². The van der Waals surface area contributed by atoms with Gasteiger partial charge >= 0.3 is 12.0 Å². The molecule has 0 saturated heterocycles. The maximum Gasteiger partial charge on any atom is 0.312 e. The van der Waals surface area contributed by atoms with E-state index >= 15 is 0 Å². The zero-order valence-electron chi connectivity index (χ0n) is 22.0. The Balaban J connectivity index is 0. The first-order valence-corrected chi connectivity index (χ1v) is 11.8. The first-order chi connectivity index (χ1) is 17.4. The molecule has 0 saturated carbocycles. The lowest BCUT2D eigenvalue weighted by atomic mass is 10.0. The first kappa shape index (κ1) is 35.5. The minimum absolute atomic E-state index is 0.0128. The lowest BCUT2D eigenvalue weighted by Gasteiger charge is -2.18. The second-order valence-electron chi connectivity index (χ2n) is 7.98. The van der Waals surface area contributed by atoms with Crippen molar-refractivity contribution in [2.75, 3.05) is 25.5 Å². The van der Waals surface area contributed by atoms with Crippen molar-refractivity contribution in [2.24, 2.45) is 23.1 Å². The van der Waals surface area contributed by atoms with Crippen LogP contribution in [0.3, 0.4) is 0 Å². The average molecular weight is 527 g/mol. The van der Waals surface area contributed by atoms with Crippen LogP contribution < -0.4 is 33.2 Å². The lowest BCUT2D eigenvalue weighted by Crippen LogP contribution is -2.49. The van der Waals surface area contributed by atoms with Gasteiger partial charge in [-0.1, -0.05) is 32.9 Å². The van der Waals surface area contributed by atoms with Gasteiger partial charge in [0, 0.05) is 25.1 Å². The SMILES string of the molecule is CC(C)C(NC(=O)CN)C(N)=O.CCC(=O)OC.NC(=O)NCCCCC(=O)Nc1ccc(CO)cc1. The van der Waals surface area contributed by atoms with E-state index in [0.717, 1.165) is 5.56 Å². The number of aliphatic hydroxyl groups is 1. The van der Waals surface area contributed by atoms with E-state index in [0.29, 0.717) is 37.9 Å². The summed E-state index contributed by atoms with van der Waals surface area (Å²) >= 11 is 0. The minimum Gasteiger partial charge on any atom is -0.469 e. The van der Waals surface area contributed by atoms with Crippen LogP contribution >= 0.6 is 0 Å². The Morgan fingerprint density at radius 3 is 1.97 bits per heavy atom. The van der Waals surface area contributed by atoms with E-state index in [1.54, 1.807) is 45.0 Å². The number of carbonyl (C=O) groups excluding carboxylic acids is 5. The van der Waals surface area contributed by atoms with Gasteiger partial charge in [0.05, 0.1) is 20.3 Å². The standard InChI is InChI=1S/C13H19N3O3.C7H15N3O2.C4H8O2/c14-13(19)15-8-2-1-3-12(18)16-11-6-4-10(9-17)5-7-11;1-4(2)6(7(9)12)10-5(11)3-8;1-3-4(5)6-2/h4-7,17H,1-3,8-9H2,(H,16,18)(H3,14,15,19);4,6H,3,8H2,1-2H3,(H2,9,12)(H,10,11);3H2,1-2H3. The zero-order valence-corrected chi connectivity index (χ0v) is 22.0. The Morgan fingerprint density at radius 1 is 1.00 bits per heavy atom. The number of ether oxygens (including phenoxy) is 1. The quantitative estimate of drug-likeness (QED) is 0.145. The number of hydrogen-bond donors (Lipinski definition) is 7. The molecule has 0 heterocycles. The molecule has 1 aromatic carbocycles. The fraction of sp³-hybridized carbons (Fsp3) is 0.542. The molecule has 0 aromatic heterocycles. The molecule has 210 valence electrons. The number of aliphatic hydroxyl groups excluding tert-OH is 1. The number of methoxy groups -OCH3 is 1. The summed E-state index contributed by atoms with van der Waals surface area (Å²) in [6.07, 6.45) is 2.25. The van der Waals surface area contributed by atoms with Crippen LogP contribution in [0.15, 0.2) is 24.3 Å². The molecule has 1 atom stereocenters. The number of amides is 5. The minimum atomic E-state index is -0.624. The van der Waals surface area contributed by atoms with Crippen molar-refractivity contribution < 1.29 is 33.8 Å². The summed E-state index contributed by atoms with van der Waals surface area (Å²) in [7, 11) is 1.38. The van der Waals surface area contributed by atoms with E-state index in [4.69, 9.17) is 22.3 Å². The van der Waals surface area contributed by atoms with E-state index in [-0.39, 0.29) is 36.9 Å². The van der Waals surface area contributed by atoms with E-state index in [1.807, 2.05) is 0 Å². The van der Waals surface area contributed by atoms with Crippen LogP contribution in [-0.2, 0) is 30.5 Å². The summed E-state index contributed by atoms with van der Waals surface area (Å²) < 4.78 is 4.26. The van der Waals surface area contributed by atoms with Crippen molar-refractivity contribution in [3.8, 4) is 0 Å². The molecule has 1 aromatic rings. The van der Waals surface area contributed by atoms with Gasteiger partial charge in [0.15, 0.2) is 0 Å². The van der Waals surface area contributed by atoms with E-state index in [2.05, 4.69) is 20.7 Å². The third kappa shape index (κ3) is 20.2. The van der Waals surface area contributed by atoms with Crippen LogP contribution in [0.5, 0.6) is 0 Å². The first-order valence-electron chi connectivity index (χ1n) is 11.8. The van der Waals surface area contributed by atoms with E-state index < -0.39 is 18.0 Å². The van der Waals surface area contributed by atoms with Gasteiger partial charge in [-0.2, -0.15) is 0 Å². The number of carbonyl (C=O) groups is 5. The topological polar surface area (TPSA) is 229 Å². The summed E-state index contributed by atoms with van der Waals surface area (Å²) in [6.45, 7) is 5.69. The highest BCUT2D eigenvalue weighted by atomic mass is 16.5. The molecule has 0 spiro atoms. The summed E-state index contributed by atoms with van der Waals surface area (Å²) in [5.41, 5.74) is 16.5. The number of rotatable bonds is 12. The molecule has 10 N–H and O–H groups in total. The van der Waals surface area contributed by atoms with Crippen LogP contribution in [0.1, 0.15) is 52.0 Å². The third-order valence-corrected chi connectivity index (χ3v) is 4.54. The Hall–Kier alpha value is -3.71. The maximum absolute atomic E-state index is 11.6. The predicted molar refractivity (Wildman–Crippen MR) is 140 cm³/mol. The van der Waals surface area contributed by atoms with E-state index in [1.165, 1.54) is 7.11 Å². The highest BCUT2D eigenvalue weighted by molar-refractivity contribution is 5.90. The van der Waals surface area contributed by atoms with Crippen LogP contribution in [0, 0.1) is 5.92 Å². The molecule has 1 rings (SSSR count). The molecule has 0 radical (unpaired) electrons. The molecule has 37 heavy (non-hydrogen) atoms. The Kier molecular flexibility index (Phi) is 20.7. The summed E-state index contributed by atoms with van der Waals surface area (Å²) in [4.78, 5) is 53.5. The van der Waals surface area contributed by atoms with Gasteiger partial charge in [-0.05, 0) is 36.5 Å². The number of nitrogens with one attached hydrogen (secondary N) is 3.